The summed E-state index contributed by atoms with van der Waals surface area (Å²) in [5, 5.41) is 71.9. The monoisotopic (exact) mass is 849 g/mol. The van der Waals surface area contributed by atoms with Gasteiger partial charge in [0.15, 0.2) is 12.6 Å². The van der Waals surface area contributed by atoms with Gasteiger partial charge in [0.2, 0.25) is 0 Å². The van der Waals surface area contributed by atoms with E-state index in [-0.39, 0.29) is 25.6 Å². The average molecular weight is 849 g/mol. The second-order valence-electron chi connectivity index (χ2n) is 16.6. The van der Waals surface area contributed by atoms with E-state index < -0.39 is 80.7 Å². The Bertz CT molecular complexity index is 1030. The largest absolute Gasteiger partial charge is 0.457 e. The van der Waals surface area contributed by atoms with Crippen LogP contribution in [0, 0.1) is 0 Å². The van der Waals surface area contributed by atoms with E-state index in [0.717, 1.165) is 57.8 Å². The maximum Gasteiger partial charge on any atom is 0.306 e. The highest BCUT2D eigenvalue weighted by atomic mass is 16.7. The topological polar surface area (TPSA) is 214 Å². The first kappa shape index (κ1) is 53.9. The fraction of sp³-hybridized carbons (Fsp3) is 0.933. The Labute approximate surface area is 354 Å². The van der Waals surface area contributed by atoms with Crippen molar-refractivity contribution in [3.05, 3.63) is 12.2 Å². The molecule has 14 nitrogen and oxygen atoms in total. The van der Waals surface area contributed by atoms with Gasteiger partial charge in [-0.25, -0.2) is 0 Å². The first-order valence-corrected chi connectivity index (χ1v) is 23.3. The van der Waals surface area contributed by atoms with Gasteiger partial charge in [-0.1, -0.05) is 142 Å². The van der Waals surface area contributed by atoms with E-state index in [1.54, 1.807) is 0 Å². The van der Waals surface area contributed by atoms with Crippen molar-refractivity contribution < 1.29 is 69.0 Å². The summed E-state index contributed by atoms with van der Waals surface area (Å²) in [6.45, 7) is 3.64. The Morgan fingerprint density at radius 3 is 1.59 bits per heavy atom. The summed E-state index contributed by atoms with van der Waals surface area (Å²) in [6.07, 6.45) is 15.7. The molecule has 0 aliphatic carbocycles. The summed E-state index contributed by atoms with van der Waals surface area (Å²) in [6, 6.07) is 0. The maximum atomic E-state index is 12.9. The molecule has 11 unspecified atom stereocenters. The van der Waals surface area contributed by atoms with E-state index >= 15 is 0 Å². The van der Waals surface area contributed by atoms with Gasteiger partial charge in [0.05, 0.1) is 26.4 Å². The van der Waals surface area contributed by atoms with Crippen molar-refractivity contribution in [1.29, 1.82) is 0 Å². The van der Waals surface area contributed by atoms with Crippen molar-refractivity contribution in [3.8, 4) is 0 Å². The van der Waals surface area contributed by atoms with Crippen LogP contribution in [-0.2, 0) is 33.2 Å². The van der Waals surface area contributed by atoms with Crippen LogP contribution in [0.2, 0.25) is 0 Å². The minimum absolute atomic E-state index is 0.0631. The Morgan fingerprint density at radius 2 is 1.02 bits per heavy atom. The van der Waals surface area contributed by atoms with Crippen molar-refractivity contribution >= 4 is 5.97 Å². The van der Waals surface area contributed by atoms with Gasteiger partial charge in [0.25, 0.3) is 0 Å². The lowest BCUT2D eigenvalue weighted by Gasteiger charge is -2.42. The number of carbonyl (C=O) groups is 1. The molecule has 0 bridgehead atoms. The molecular weight excluding hydrogens is 764 g/mol. The number of hydrogen-bond donors (Lipinski definition) is 7. The number of allylic oxidation sites excluding steroid dienone is 2. The summed E-state index contributed by atoms with van der Waals surface area (Å²) in [5.41, 5.74) is 0. The van der Waals surface area contributed by atoms with Crippen molar-refractivity contribution in [2.24, 2.45) is 0 Å². The maximum absolute atomic E-state index is 12.9. The Hall–Kier alpha value is -1.27. The average Bonchev–Trinajstić information content (AvgIpc) is 3.23. The first-order chi connectivity index (χ1) is 28.6. The molecule has 2 heterocycles. The smallest absolute Gasteiger partial charge is 0.306 e. The minimum atomic E-state index is -1.70. The third-order valence-electron chi connectivity index (χ3n) is 11.3. The van der Waals surface area contributed by atoms with Crippen molar-refractivity contribution in [2.45, 2.75) is 235 Å². The highest BCUT2D eigenvalue weighted by Crippen LogP contribution is 2.26. The van der Waals surface area contributed by atoms with E-state index in [0.29, 0.717) is 13.0 Å². The normalized spacial score (nSPS) is 28.0. The molecule has 348 valence electrons. The number of rotatable bonds is 36. The molecule has 2 aliphatic heterocycles. The lowest BCUT2D eigenvalue weighted by atomic mass is 9.98. The molecule has 7 N–H and O–H groups in total. The van der Waals surface area contributed by atoms with E-state index in [1.807, 2.05) is 0 Å². The van der Waals surface area contributed by atoms with Crippen LogP contribution in [0.25, 0.3) is 0 Å². The third kappa shape index (κ3) is 23.1. The summed E-state index contributed by atoms with van der Waals surface area (Å²) in [5.74, 6) is -0.385. The second-order valence-corrected chi connectivity index (χ2v) is 16.6. The van der Waals surface area contributed by atoms with E-state index in [9.17, 15) is 40.5 Å². The highest BCUT2D eigenvalue weighted by Gasteiger charge is 2.47. The minimum Gasteiger partial charge on any atom is -0.457 e. The zero-order valence-electron chi connectivity index (χ0n) is 36.5. The standard InChI is InChI=1S/C45H84O14/c1-3-5-7-9-11-13-15-16-17-19-21-23-25-27-29-54-31-34(57-37(47)28-26-24-22-20-18-14-12-10-8-6-4-2)32-55-44-43(53)41(51)39(49)36(59-44)33-56-45-42(52)40(50)38(48)35(30-46)58-45/h10,12,34-36,38-46,48-53H,3-9,11,13-33H2,1-2H3/b12-10-. The van der Waals surface area contributed by atoms with Gasteiger partial charge in [0.1, 0.15) is 54.9 Å². The van der Waals surface area contributed by atoms with Crippen LogP contribution in [0.3, 0.4) is 0 Å². The van der Waals surface area contributed by atoms with Crippen LogP contribution in [0.15, 0.2) is 12.2 Å². The predicted molar refractivity (Wildman–Crippen MR) is 224 cm³/mol. The fourth-order valence-corrected chi connectivity index (χ4v) is 7.38. The number of aliphatic hydroxyl groups is 7. The van der Waals surface area contributed by atoms with Gasteiger partial charge in [-0.2, -0.15) is 0 Å². The van der Waals surface area contributed by atoms with Crippen molar-refractivity contribution in [1.82, 2.24) is 0 Å². The zero-order valence-corrected chi connectivity index (χ0v) is 36.5. The molecule has 14 heteroatoms. The van der Waals surface area contributed by atoms with Gasteiger partial charge >= 0.3 is 5.97 Å². The molecule has 11 atom stereocenters. The lowest BCUT2D eigenvalue weighted by molar-refractivity contribution is -0.332. The van der Waals surface area contributed by atoms with Crippen LogP contribution >= 0.6 is 0 Å². The molecule has 0 saturated carbocycles. The summed E-state index contributed by atoms with van der Waals surface area (Å²) < 4.78 is 34.1. The van der Waals surface area contributed by atoms with Crippen LogP contribution in [0.1, 0.15) is 168 Å². The SMILES string of the molecule is CCCC/C=C\CCCCCCCC(=O)OC(COCCCCCCCCCCCCCCCC)COC1OC(COC2OC(CO)C(O)C(O)C2O)C(O)C(O)C1O. The van der Waals surface area contributed by atoms with Gasteiger partial charge in [-0.05, 0) is 32.1 Å². The fourth-order valence-electron chi connectivity index (χ4n) is 7.38. The summed E-state index contributed by atoms with van der Waals surface area (Å²) in [4.78, 5) is 12.9. The van der Waals surface area contributed by atoms with E-state index in [2.05, 4.69) is 26.0 Å². The number of esters is 1. The molecule has 0 aromatic heterocycles. The molecule has 2 rings (SSSR count). The van der Waals surface area contributed by atoms with Crippen LogP contribution in [-0.4, -0.2) is 142 Å². The second kappa shape index (κ2) is 34.2. The van der Waals surface area contributed by atoms with Crippen LogP contribution in [0.4, 0.5) is 0 Å². The first-order valence-electron chi connectivity index (χ1n) is 23.3. The molecule has 0 radical (unpaired) electrons. The number of aliphatic hydroxyl groups excluding tert-OH is 7. The molecular formula is C45H84O14. The van der Waals surface area contributed by atoms with Crippen LogP contribution in [0.5, 0.6) is 0 Å². The number of unbranched alkanes of at least 4 members (excludes halogenated alkanes) is 20. The Kier molecular flexibility index (Phi) is 31.3. The molecule has 0 aromatic carbocycles. The Balaban J connectivity index is 1.81. The van der Waals surface area contributed by atoms with Gasteiger partial charge in [0, 0.05) is 13.0 Å². The van der Waals surface area contributed by atoms with E-state index in [4.69, 9.17) is 28.4 Å². The zero-order chi connectivity index (χ0) is 43.1. The van der Waals surface area contributed by atoms with Gasteiger partial charge < -0.3 is 64.2 Å². The van der Waals surface area contributed by atoms with Crippen LogP contribution < -0.4 is 0 Å². The molecule has 0 spiro atoms. The third-order valence-corrected chi connectivity index (χ3v) is 11.3. The van der Waals surface area contributed by atoms with Gasteiger partial charge in [-0.15, -0.1) is 0 Å². The van der Waals surface area contributed by atoms with E-state index in [1.165, 1.54) is 83.5 Å². The number of hydrogen-bond acceptors (Lipinski definition) is 14. The lowest BCUT2D eigenvalue weighted by Crippen LogP contribution is -2.61. The van der Waals surface area contributed by atoms with Crippen molar-refractivity contribution in [3.63, 3.8) is 0 Å². The number of carbonyl (C=O) groups excluding carboxylic acids is 1. The summed E-state index contributed by atoms with van der Waals surface area (Å²) in [7, 11) is 0. The predicted octanol–water partition coefficient (Wildman–Crippen LogP) is 5.51. The molecule has 2 fully saturated rings. The van der Waals surface area contributed by atoms with Gasteiger partial charge in [-0.3, -0.25) is 4.79 Å². The molecule has 2 aliphatic rings. The molecule has 0 amide bonds. The number of ether oxygens (including phenoxy) is 6. The van der Waals surface area contributed by atoms with Crippen molar-refractivity contribution in [2.75, 3.05) is 33.0 Å². The Morgan fingerprint density at radius 1 is 0.542 bits per heavy atom. The molecule has 2 saturated heterocycles. The molecule has 0 aromatic rings. The molecule has 59 heavy (non-hydrogen) atoms. The summed E-state index contributed by atoms with van der Waals surface area (Å²) >= 11 is 0. The highest BCUT2D eigenvalue weighted by molar-refractivity contribution is 5.69. The quantitative estimate of drug-likeness (QED) is 0.0235.